The van der Waals surface area contributed by atoms with E-state index in [1.807, 2.05) is 6.92 Å². The molecule has 0 aliphatic heterocycles. The maximum absolute atomic E-state index is 10.4. The van der Waals surface area contributed by atoms with Gasteiger partial charge in [-0.15, -0.1) is 0 Å². The molecule has 1 aliphatic rings. The van der Waals surface area contributed by atoms with E-state index in [1.165, 1.54) is 5.57 Å². The van der Waals surface area contributed by atoms with Crippen LogP contribution in [0.1, 0.15) is 32.6 Å². The number of hydrogen-bond acceptors (Lipinski definition) is 1. The zero-order valence-corrected chi connectivity index (χ0v) is 6.84. The van der Waals surface area contributed by atoms with Crippen LogP contribution in [0.5, 0.6) is 0 Å². The second-order valence-electron chi connectivity index (χ2n) is 3.05. The predicted octanol–water partition coefficient (Wildman–Crippen LogP) is 2.21. The van der Waals surface area contributed by atoms with Crippen molar-refractivity contribution in [2.24, 2.45) is 5.92 Å². The van der Waals surface area contributed by atoms with Crippen LogP contribution in [0.4, 0.5) is 0 Å². The lowest BCUT2D eigenvalue weighted by Gasteiger charge is -2.06. The standard InChI is InChI=1S/C9H14O2/c1-2-7-4-3-5-8(7)6-9(10)11/h2,8H,3-6H2,1H3,(H,10,11)/b7-2-. The van der Waals surface area contributed by atoms with Gasteiger partial charge in [0.2, 0.25) is 0 Å². The van der Waals surface area contributed by atoms with Crippen molar-refractivity contribution < 1.29 is 9.90 Å². The molecule has 1 rings (SSSR count). The third-order valence-corrected chi connectivity index (χ3v) is 2.33. The Balaban J connectivity index is 2.51. The van der Waals surface area contributed by atoms with Crippen molar-refractivity contribution in [3.05, 3.63) is 11.6 Å². The van der Waals surface area contributed by atoms with Crippen LogP contribution in [-0.4, -0.2) is 11.1 Å². The average Bonchev–Trinajstić information content (AvgIpc) is 2.34. The Morgan fingerprint density at radius 3 is 3.09 bits per heavy atom. The maximum Gasteiger partial charge on any atom is 0.303 e. The Morgan fingerprint density at radius 1 is 1.82 bits per heavy atom. The molecule has 1 atom stereocenters. The van der Waals surface area contributed by atoms with Gasteiger partial charge in [-0.05, 0) is 32.1 Å². The molecule has 0 bridgehead atoms. The first-order valence-corrected chi connectivity index (χ1v) is 4.11. The summed E-state index contributed by atoms with van der Waals surface area (Å²) in [6, 6.07) is 0. The Kier molecular flexibility index (Phi) is 2.69. The highest BCUT2D eigenvalue weighted by molar-refractivity contribution is 5.67. The Labute approximate surface area is 66.9 Å². The number of hydrogen-bond donors (Lipinski definition) is 1. The first-order chi connectivity index (χ1) is 5.24. The number of allylic oxidation sites excluding steroid dienone is 2. The predicted molar refractivity (Wildman–Crippen MR) is 43.4 cm³/mol. The number of aliphatic carboxylic acids is 1. The lowest BCUT2D eigenvalue weighted by Crippen LogP contribution is -2.05. The van der Waals surface area contributed by atoms with Gasteiger partial charge in [0.05, 0.1) is 6.42 Å². The van der Waals surface area contributed by atoms with Crippen molar-refractivity contribution >= 4 is 5.97 Å². The van der Waals surface area contributed by atoms with E-state index in [0.29, 0.717) is 12.3 Å². The molecule has 1 fully saturated rings. The molecular formula is C9H14O2. The van der Waals surface area contributed by atoms with E-state index < -0.39 is 5.97 Å². The molecule has 11 heavy (non-hydrogen) atoms. The quantitative estimate of drug-likeness (QED) is 0.619. The number of carbonyl (C=O) groups is 1. The van der Waals surface area contributed by atoms with Crippen LogP contribution in [0.15, 0.2) is 11.6 Å². The minimum atomic E-state index is -0.670. The van der Waals surface area contributed by atoms with Crippen LogP contribution < -0.4 is 0 Å². The van der Waals surface area contributed by atoms with Gasteiger partial charge in [-0.3, -0.25) is 4.79 Å². The lowest BCUT2D eigenvalue weighted by molar-refractivity contribution is -0.137. The fourth-order valence-corrected chi connectivity index (χ4v) is 1.77. The fourth-order valence-electron chi connectivity index (χ4n) is 1.77. The largest absolute Gasteiger partial charge is 0.481 e. The topological polar surface area (TPSA) is 37.3 Å². The molecule has 62 valence electrons. The molecule has 0 aromatic rings. The smallest absolute Gasteiger partial charge is 0.303 e. The van der Waals surface area contributed by atoms with Gasteiger partial charge >= 0.3 is 5.97 Å². The molecule has 0 heterocycles. The van der Waals surface area contributed by atoms with Gasteiger partial charge in [0.1, 0.15) is 0 Å². The van der Waals surface area contributed by atoms with Gasteiger partial charge in [-0.25, -0.2) is 0 Å². The monoisotopic (exact) mass is 154 g/mol. The van der Waals surface area contributed by atoms with Crippen LogP contribution >= 0.6 is 0 Å². The highest BCUT2D eigenvalue weighted by Gasteiger charge is 2.22. The normalized spacial score (nSPS) is 27.7. The van der Waals surface area contributed by atoms with Gasteiger partial charge in [-0.2, -0.15) is 0 Å². The summed E-state index contributed by atoms with van der Waals surface area (Å²) < 4.78 is 0. The highest BCUT2D eigenvalue weighted by atomic mass is 16.4. The van der Waals surface area contributed by atoms with E-state index >= 15 is 0 Å². The van der Waals surface area contributed by atoms with E-state index in [1.54, 1.807) is 0 Å². The van der Waals surface area contributed by atoms with Gasteiger partial charge in [0.25, 0.3) is 0 Å². The zero-order chi connectivity index (χ0) is 8.27. The molecule has 1 saturated carbocycles. The molecule has 2 nitrogen and oxygen atoms in total. The van der Waals surface area contributed by atoms with E-state index in [4.69, 9.17) is 5.11 Å². The summed E-state index contributed by atoms with van der Waals surface area (Å²) in [5.74, 6) is -0.339. The molecule has 1 aliphatic carbocycles. The minimum absolute atomic E-state index is 0.319. The Bertz CT molecular complexity index is 182. The van der Waals surface area contributed by atoms with Crippen molar-refractivity contribution in [3.8, 4) is 0 Å². The van der Waals surface area contributed by atoms with E-state index in [0.717, 1.165) is 19.3 Å². The Morgan fingerprint density at radius 2 is 2.55 bits per heavy atom. The molecule has 0 radical (unpaired) electrons. The van der Waals surface area contributed by atoms with Crippen LogP contribution in [0, 0.1) is 5.92 Å². The second-order valence-corrected chi connectivity index (χ2v) is 3.05. The summed E-state index contributed by atoms with van der Waals surface area (Å²) in [4.78, 5) is 10.4. The summed E-state index contributed by atoms with van der Waals surface area (Å²) in [7, 11) is 0. The molecule has 2 heteroatoms. The second kappa shape index (κ2) is 3.56. The molecule has 1 N–H and O–H groups in total. The van der Waals surface area contributed by atoms with Crippen molar-refractivity contribution in [1.29, 1.82) is 0 Å². The van der Waals surface area contributed by atoms with E-state index in [9.17, 15) is 4.79 Å². The van der Waals surface area contributed by atoms with E-state index in [-0.39, 0.29) is 0 Å². The fraction of sp³-hybridized carbons (Fsp3) is 0.667. The molecule has 0 saturated heterocycles. The molecule has 0 aromatic heterocycles. The Hall–Kier alpha value is -0.790. The van der Waals surface area contributed by atoms with Crippen LogP contribution in [-0.2, 0) is 4.79 Å². The molecule has 0 amide bonds. The first kappa shape index (κ1) is 8.31. The summed E-state index contributed by atoms with van der Waals surface area (Å²) >= 11 is 0. The van der Waals surface area contributed by atoms with Crippen molar-refractivity contribution in [2.45, 2.75) is 32.6 Å². The van der Waals surface area contributed by atoms with Crippen LogP contribution in [0.3, 0.4) is 0 Å². The minimum Gasteiger partial charge on any atom is -0.481 e. The summed E-state index contributed by atoms with van der Waals surface area (Å²) in [6.07, 6.45) is 5.72. The van der Waals surface area contributed by atoms with Crippen molar-refractivity contribution in [2.75, 3.05) is 0 Å². The third kappa shape index (κ3) is 2.07. The van der Waals surface area contributed by atoms with Crippen molar-refractivity contribution in [1.82, 2.24) is 0 Å². The molecular weight excluding hydrogens is 140 g/mol. The summed E-state index contributed by atoms with van der Waals surface area (Å²) in [5.41, 5.74) is 1.34. The average molecular weight is 154 g/mol. The van der Waals surface area contributed by atoms with Gasteiger partial charge in [-0.1, -0.05) is 11.6 Å². The number of carboxylic acid groups (broad SMARTS) is 1. The van der Waals surface area contributed by atoms with Gasteiger partial charge in [0, 0.05) is 0 Å². The van der Waals surface area contributed by atoms with Crippen molar-refractivity contribution in [3.63, 3.8) is 0 Å². The number of rotatable bonds is 2. The third-order valence-electron chi connectivity index (χ3n) is 2.33. The van der Waals surface area contributed by atoms with E-state index in [2.05, 4.69) is 6.08 Å². The SMILES string of the molecule is C/C=C1/CCCC1CC(=O)O. The molecule has 1 unspecified atom stereocenters. The highest BCUT2D eigenvalue weighted by Crippen LogP contribution is 2.32. The summed E-state index contributed by atoms with van der Waals surface area (Å²) in [5, 5.41) is 8.56. The van der Waals surface area contributed by atoms with Gasteiger partial charge < -0.3 is 5.11 Å². The zero-order valence-electron chi connectivity index (χ0n) is 6.84. The lowest BCUT2D eigenvalue weighted by atomic mass is 9.99. The number of carboxylic acids is 1. The maximum atomic E-state index is 10.4. The molecule has 0 aromatic carbocycles. The molecule has 0 spiro atoms. The van der Waals surface area contributed by atoms with Crippen LogP contribution in [0.2, 0.25) is 0 Å². The van der Waals surface area contributed by atoms with Crippen LogP contribution in [0.25, 0.3) is 0 Å². The summed E-state index contributed by atoms with van der Waals surface area (Å²) in [6.45, 7) is 2.00. The van der Waals surface area contributed by atoms with Gasteiger partial charge in [0.15, 0.2) is 0 Å². The first-order valence-electron chi connectivity index (χ1n) is 4.11.